The van der Waals surface area contributed by atoms with Gasteiger partial charge < -0.3 is 15.6 Å². The lowest BCUT2D eigenvalue weighted by Gasteiger charge is -2.23. The first-order valence-electron chi connectivity index (χ1n) is 4.81. The highest BCUT2D eigenvalue weighted by molar-refractivity contribution is 5.36. The quantitative estimate of drug-likeness (QED) is 0.819. The highest BCUT2D eigenvalue weighted by Crippen LogP contribution is 2.26. The minimum atomic E-state index is -0.937. The third-order valence-electron chi connectivity index (χ3n) is 2.24. The molecule has 0 aliphatic heterocycles. The molecule has 0 aromatic heterocycles. The predicted octanol–water partition coefficient (Wildman–Crippen LogP) is 1.23. The second-order valence-corrected chi connectivity index (χ2v) is 4.07. The third kappa shape index (κ3) is 2.90. The summed E-state index contributed by atoms with van der Waals surface area (Å²) in [5.41, 5.74) is 5.09. The highest BCUT2D eigenvalue weighted by Gasteiger charge is 2.22. The Morgan fingerprint density at radius 1 is 1.44 bits per heavy atom. The maximum Gasteiger partial charge on any atom is 0.168 e. The van der Waals surface area contributed by atoms with Crippen LogP contribution < -0.4 is 10.5 Å². The van der Waals surface area contributed by atoms with Crippen LogP contribution in [0, 0.1) is 11.6 Å². The topological polar surface area (TPSA) is 55.5 Å². The summed E-state index contributed by atoms with van der Waals surface area (Å²) < 4.78 is 31.2. The zero-order valence-corrected chi connectivity index (χ0v) is 9.26. The van der Waals surface area contributed by atoms with Crippen LogP contribution in [-0.4, -0.2) is 24.4 Å². The fraction of sp³-hybridized carbons (Fsp3) is 0.455. The van der Waals surface area contributed by atoms with Crippen molar-refractivity contribution < 1.29 is 18.6 Å². The lowest BCUT2D eigenvalue weighted by atomic mass is 9.94. The van der Waals surface area contributed by atoms with E-state index in [-0.39, 0.29) is 18.8 Å². The Morgan fingerprint density at radius 2 is 2.06 bits per heavy atom. The van der Waals surface area contributed by atoms with Gasteiger partial charge in [0.25, 0.3) is 0 Å². The zero-order chi connectivity index (χ0) is 12.3. The first-order chi connectivity index (χ1) is 7.39. The van der Waals surface area contributed by atoms with Crippen LogP contribution in [0.4, 0.5) is 8.78 Å². The van der Waals surface area contributed by atoms with Gasteiger partial charge in [0, 0.05) is 17.2 Å². The van der Waals surface area contributed by atoms with E-state index in [4.69, 9.17) is 15.6 Å². The molecule has 0 heterocycles. The lowest BCUT2D eigenvalue weighted by molar-refractivity contribution is 0.206. The fourth-order valence-corrected chi connectivity index (χ4v) is 1.46. The van der Waals surface area contributed by atoms with Gasteiger partial charge in [0.15, 0.2) is 11.6 Å². The maximum atomic E-state index is 13.3. The average Bonchev–Trinajstić information content (AvgIpc) is 2.16. The smallest absolute Gasteiger partial charge is 0.168 e. The first kappa shape index (κ1) is 12.9. The van der Waals surface area contributed by atoms with Gasteiger partial charge in [-0.25, -0.2) is 8.78 Å². The molecule has 0 amide bonds. The Bertz CT molecular complexity index is 380. The molecule has 0 fully saturated rings. The summed E-state index contributed by atoms with van der Waals surface area (Å²) in [6.07, 6.45) is 0.126. The van der Waals surface area contributed by atoms with E-state index in [0.717, 1.165) is 12.1 Å². The van der Waals surface area contributed by atoms with Gasteiger partial charge in [0.2, 0.25) is 0 Å². The van der Waals surface area contributed by atoms with Crippen molar-refractivity contribution >= 4 is 0 Å². The van der Waals surface area contributed by atoms with Crippen molar-refractivity contribution in [1.29, 1.82) is 0 Å². The molecule has 0 aliphatic carbocycles. The Balaban J connectivity index is 3.12. The molecule has 1 unspecified atom stereocenters. The SMILES string of the molecule is COc1c(F)cc(F)cc1CC(C)(N)CO. The van der Waals surface area contributed by atoms with E-state index in [1.807, 2.05) is 0 Å². The number of benzene rings is 1. The predicted molar refractivity (Wildman–Crippen MR) is 56.3 cm³/mol. The van der Waals surface area contributed by atoms with Gasteiger partial charge in [0.1, 0.15) is 5.82 Å². The highest BCUT2D eigenvalue weighted by atomic mass is 19.1. The molecule has 90 valence electrons. The summed E-state index contributed by atoms with van der Waals surface area (Å²) in [5, 5.41) is 9.00. The molecule has 0 radical (unpaired) electrons. The molecule has 3 N–H and O–H groups in total. The molecule has 1 aromatic rings. The van der Waals surface area contributed by atoms with Crippen LogP contribution in [0.3, 0.4) is 0 Å². The van der Waals surface area contributed by atoms with Gasteiger partial charge in [-0.2, -0.15) is 0 Å². The average molecular weight is 231 g/mol. The van der Waals surface area contributed by atoms with Crippen molar-refractivity contribution in [2.45, 2.75) is 18.9 Å². The first-order valence-corrected chi connectivity index (χ1v) is 4.81. The van der Waals surface area contributed by atoms with Gasteiger partial charge in [-0.15, -0.1) is 0 Å². The van der Waals surface area contributed by atoms with Crippen LogP contribution >= 0.6 is 0 Å². The third-order valence-corrected chi connectivity index (χ3v) is 2.24. The van der Waals surface area contributed by atoms with Crippen molar-refractivity contribution in [2.24, 2.45) is 5.73 Å². The summed E-state index contributed by atoms with van der Waals surface area (Å²) in [5.74, 6) is -1.50. The van der Waals surface area contributed by atoms with E-state index < -0.39 is 17.2 Å². The fourth-order valence-electron chi connectivity index (χ4n) is 1.46. The molecule has 16 heavy (non-hydrogen) atoms. The Labute approximate surface area is 92.8 Å². The number of hydrogen-bond donors (Lipinski definition) is 2. The zero-order valence-electron chi connectivity index (χ0n) is 9.26. The molecule has 1 aromatic carbocycles. The number of rotatable bonds is 4. The lowest BCUT2D eigenvalue weighted by Crippen LogP contribution is -2.42. The summed E-state index contributed by atoms with van der Waals surface area (Å²) >= 11 is 0. The summed E-state index contributed by atoms with van der Waals surface area (Å²) in [6, 6.07) is 1.90. The Morgan fingerprint density at radius 3 is 2.56 bits per heavy atom. The van der Waals surface area contributed by atoms with E-state index in [1.54, 1.807) is 6.92 Å². The van der Waals surface area contributed by atoms with E-state index >= 15 is 0 Å². The second kappa shape index (κ2) is 4.76. The number of hydrogen-bond acceptors (Lipinski definition) is 3. The van der Waals surface area contributed by atoms with Crippen LogP contribution in [0.1, 0.15) is 12.5 Å². The standard InChI is InChI=1S/C11H15F2NO2/c1-11(14,6-15)5-7-3-8(12)4-9(13)10(7)16-2/h3-4,15H,5-6,14H2,1-2H3. The number of aliphatic hydroxyl groups excluding tert-OH is 1. The van der Waals surface area contributed by atoms with E-state index in [1.165, 1.54) is 7.11 Å². The van der Waals surface area contributed by atoms with Gasteiger partial charge in [-0.05, 0) is 19.4 Å². The van der Waals surface area contributed by atoms with E-state index in [9.17, 15) is 8.78 Å². The molecular formula is C11H15F2NO2. The number of methoxy groups -OCH3 is 1. The van der Waals surface area contributed by atoms with Crippen molar-refractivity contribution in [3.8, 4) is 5.75 Å². The molecule has 0 saturated carbocycles. The second-order valence-electron chi connectivity index (χ2n) is 4.07. The van der Waals surface area contributed by atoms with E-state index in [2.05, 4.69) is 0 Å². The number of ether oxygens (including phenoxy) is 1. The van der Waals surface area contributed by atoms with Crippen LogP contribution in [-0.2, 0) is 6.42 Å². The van der Waals surface area contributed by atoms with Crippen molar-refractivity contribution in [1.82, 2.24) is 0 Å². The van der Waals surface area contributed by atoms with Crippen molar-refractivity contribution in [3.63, 3.8) is 0 Å². The van der Waals surface area contributed by atoms with Gasteiger partial charge in [0.05, 0.1) is 13.7 Å². The normalized spacial score (nSPS) is 14.6. The van der Waals surface area contributed by atoms with Gasteiger partial charge >= 0.3 is 0 Å². The molecule has 0 aliphatic rings. The Hall–Kier alpha value is -1.20. The maximum absolute atomic E-state index is 13.3. The van der Waals surface area contributed by atoms with Gasteiger partial charge in [-0.1, -0.05) is 0 Å². The largest absolute Gasteiger partial charge is 0.493 e. The number of halogens is 2. The molecule has 1 rings (SSSR count). The van der Waals surface area contributed by atoms with E-state index in [0.29, 0.717) is 5.56 Å². The summed E-state index contributed by atoms with van der Waals surface area (Å²) in [7, 11) is 1.30. The van der Waals surface area contributed by atoms with Crippen molar-refractivity contribution in [3.05, 3.63) is 29.3 Å². The Kier molecular flexibility index (Phi) is 3.83. The summed E-state index contributed by atoms with van der Waals surface area (Å²) in [6.45, 7) is 1.31. The minimum Gasteiger partial charge on any atom is -0.493 e. The van der Waals surface area contributed by atoms with Crippen molar-refractivity contribution in [2.75, 3.05) is 13.7 Å². The number of aliphatic hydroxyl groups is 1. The molecule has 0 spiro atoms. The molecule has 0 bridgehead atoms. The van der Waals surface area contributed by atoms with Crippen LogP contribution in [0.2, 0.25) is 0 Å². The molecular weight excluding hydrogens is 216 g/mol. The number of nitrogens with two attached hydrogens (primary N) is 1. The molecule has 0 saturated heterocycles. The molecule has 5 heteroatoms. The van der Waals surface area contributed by atoms with Crippen LogP contribution in [0.5, 0.6) is 5.75 Å². The van der Waals surface area contributed by atoms with Crippen LogP contribution in [0.15, 0.2) is 12.1 Å². The van der Waals surface area contributed by atoms with Crippen LogP contribution in [0.25, 0.3) is 0 Å². The minimum absolute atomic E-state index is 0.0356. The molecule has 1 atom stereocenters. The summed E-state index contributed by atoms with van der Waals surface area (Å²) in [4.78, 5) is 0. The molecule has 3 nitrogen and oxygen atoms in total. The van der Waals surface area contributed by atoms with Gasteiger partial charge in [-0.3, -0.25) is 0 Å². The monoisotopic (exact) mass is 231 g/mol.